The molecule has 4 heteroatoms. The Morgan fingerprint density at radius 3 is 0.836 bits per heavy atom. The molecule has 8 fully saturated rings. The Balaban J connectivity index is 0.000000185. The van der Waals surface area contributed by atoms with Gasteiger partial charge in [0.05, 0.1) is 21.7 Å². The molecule has 0 aliphatic heterocycles. The number of carbonyl (C=O) groups is 4. The standard InChI is InChI=1S/C30H50O2.C27H44O2/c1-3-5-7-9-23-11-13-25(14-12-23)26-17-21-30(22-18-26)27(31)29(28(30)32)19-15-24(16-20-29)10-8-6-4-2;1-3-5-6-7-21-12-16-26(17-13-21)24(28)27(25(26)29)18-14-23(15-19-27)22-10-8-20(4-2)9-11-22/h23-26H,3-22H2,1-2H3;20-23H,3-19H2,1-2H3. The summed E-state index contributed by atoms with van der Waals surface area (Å²) in [4.78, 5) is 53.9. The van der Waals surface area contributed by atoms with Crippen molar-refractivity contribution in [1.29, 1.82) is 0 Å². The Morgan fingerprint density at radius 2 is 0.557 bits per heavy atom. The van der Waals surface area contributed by atoms with E-state index in [1.54, 1.807) is 0 Å². The molecule has 0 aromatic carbocycles. The van der Waals surface area contributed by atoms with E-state index in [1.165, 1.54) is 135 Å². The van der Waals surface area contributed by atoms with E-state index in [9.17, 15) is 19.2 Å². The van der Waals surface area contributed by atoms with E-state index in [4.69, 9.17) is 0 Å². The topological polar surface area (TPSA) is 68.3 Å². The summed E-state index contributed by atoms with van der Waals surface area (Å²) in [6.07, 6.45) is 44.6. The highest BCUT2D eigenvalue weighted by molar-refractivity contribution is 6.31. The Kier molecular flexibility index (Phi) is 16.7. The first-order chi connectivity index (χ1) is 29.6. The van der Waals surface area contributed by atoms with E-state index in [0.717, 1.165) is 150 Å². The number of ketones is 4. The number of rotatable bonds is 15. The normalized spacial score (nSPS) is 41.4. The second-order valence-electron chi connectivity index (χ2n) is 23.7. The van der Waals surface area contributed by atoms with E-state index in [1.807, 2.05) is 0 Å². The van der Waals surface area contributed by atoms with Crippen molar-refractivity contribution in [3.63, 3.8) is 0 Å². The molecule has 0 radical (unpaired) electrons. The molecule has 0 N–H and O–H groups in total. The van der Waals surface area contributed by atoms with Crippen LogP contribution in [0.5, 0.6) is 0 Å². The van der Waals surface area contributed by atoms with Gasteiger partial charge in [-0.05, 0) is 176 Å². The Hall–Kier alpha value is -1.32. The predicted molar refractivity (Wildman–Crippen MR) is 251 cm³/mol. The van der Waals surface area contributed by atoms with E-state index < -0.39 is 21.7 Å². The average Bonchev–Trinajstić information content (AvgIpc) is 3.32. The lowest BCUT2D eigenvalue weighted by atomic mass is 9.42. The highest BCUT2D eigenvalue weighted by atomic mass is 16.2. The minimum Gasteiger partial charge on any atom is -0.297 e. The smallest absolute Gasteiger partial charge is 0.159 e. The summed E-state index contributed by atoms with van der Waals surface area (Å²) in [7, 11) is 0. The van der Waals surface area contributed by atoms with Gasteiger partial charge in [-0.15, -0.1) is 0 Å². The van der Waals surface area contributed by atoms with Gasteiger partial charge in [0.1, 0.15) is 0 Å². The summed E-state index contributed by atoms with van der Waals surface area (Å²) < 4.78 is 0. The highest BCUT2D eigenvalue weighted by Crippen LogP contribution is 2.64. The van der Waals surface area contributed by atoms with Crippen LogP contribution in [0.25, 0.3) is 0 Å². The minimum absolute atomic E-state index is 0.384. The largest absolute Gasteiger partial charge is 0.297 e. The van der Waals surface area contributed by atoms with Crippen LogP contribution in [0.2, 0.25) is 0 Å². The first kappa shape index (κ1) is 47.6. The zero-order valence-electron chi connectivity index (χ0n) is 40.4. The Morgan fingerprint density at radius 1 is 0.311 bits per heavy atom. The van der Waals surface area contributed by atoms with Crippen LogP contribution in [0.15, 0.2) is 0 Å². The monoisotopic (exact) mass is 843 g/mol. The molecule has 0 amide bonds. The number of carbonyl (C=O) groups excluding carboxylic acids is 4. The van der Waals surface area contributed by atoms with Crippen molar-refractivity contribution in [2.24, 2.45) is 69.0 Å². The van der Waals surface area contributed by atoms with Crippen LogP contribution in [-0.2, 0) is 19.2 Å². The van der Waals surface area contributed by atoms with Crippen molar-refractivity contribution in [2.45, 2.75) is 265 Å². The molecular weight excluding hydrogens is 749 g/mol. The Bertz CT molecular complexity index is 1380. The number of hydrogen-bond donors (Lipinski definition) is 0. The summed E-state index contributed by atoms with van der Waals surface area (Å²) in [5.41, 5.74) is -2.15. The molecule has 8 aliphatic rings. The van der Waals surface area contributed by atoms with Crippen molar-refractivity contribution in [3.8, 4) is 0 Å². The fourth-order valence-corrected chi connectivity index (χ4v) is 16.1. The molecule has 0 aromatic heterocycles. The molecule has 0 aromatic rings. The van der Waals surface area contributed by atoms with Crippen LogP contribution >= 0.6 is 0 Å². The van der Waals surface area contributed by atoms with Crippen molar-refractivity contribution in [2.75, 3.05) is 0 Å². The lowest BCUT2D eigenvalue weighted by molar-refractivity contribution is -0.180. The van der Waals surface area contributed by atoms with Gasteiger partial charge >= 0.3 is 0 Å². The molecule has 8 saturated carbocycles. The first-order valence-electron chi connectivity index (χ1n) is 27.8. The summed E-state index contributed by atoms with van der Waals surface area (Å²) in [5.74, 6) is 8.29. The number of unbranched alkanes of at least 4 members (excludes halogenated alkanes) is 6. The van der Waals surface area contributed by atoms with Gasteiger partial charge in [0.2, 0.25) is 0 Å². The van der Waals surface area contributed by atoms with Crippen molar-refractivity contribution < 1.29 is 19.2 Å². The van der Waals surface area contributed by atoms with E-state index in [-0.39, 0.29) is 0 Å². The van der Waals surface area contributed by atoms with Crippen LogP contribution in [-0.4, -0.2) is 23.1 Å². The lowest BCUT2D eigenvalue weighted by Crippen LogP contribution is -2.68. The second kappa shape index (κ2) is 21.3. The summed E-state index contributed by atoms with van der Waals surface area (Å²) in [5, 5.41) is 0. The molecule has 0 unspecified atom stereocenters. The maximum Gasteiger partial charge on any atom is 0.159 e. The third kappa shape index (κ3) is 9.66. The minimum atomic E-state index is -0.539. The van der Waals surface area contributed by atoms with Gasteiger partial charge in [0.15, 0.2) is 23.1 Å². The molecule has 346 valence electrons. The first-order valence-corrected chi connectivity index (χ1v) is 27.8. The van der Waals surface area contributed by atoms with Crippen molar-refractivity contribution >= 4 is 23.1 Å². The molecule has 0 heterocycles. The van der Waals surface area contributed by atoms with Crippen LogP contribution in [0.3, 0.4) is 0 Å². The molecule has 8 rings (SSSR count). The van der Waals surface area contributed by atoms with Crippen LogP contribution < -0.4 is 0 Å². The van der Waals surface area contributed by atoms with Gasteiger partial charge < -0.3 is 0 Å². The molecule has 4 spiro atoms. The van der Waals surface area contributed by atoms with Gasteiger partial charge in [0.25, 0.3) is 0 Å². The lowest BCUT2D eigenvalue weighted by Gasteiger charge is -2.57. The summed E-state index contributed by atoms with van der Waals surface area (Å²) >= 11 is 0. The van der Waals surface area contributed by atoms with Gasteiger partial charge in [-0.2, -0.15) is 0 Å². The second-order valence-corrected chi connectivity index (χ2v) is 23.7. The van der Waals surface area contributed by atoms with Crippen LogP contribution in [0.4, 0.5) is 0 Å². The maximum atomic E-state index is 13.5. The number of hydrogen-bond acceptors (Lipinski definition) is 4. The van der Waals surface area contributed by atoms with Gasteiger partial charge in [-0.1, -0.05) is 137 Å². The summed E-state index contributed by atoms with van der Waals surface area (Å²) in [6.45, 7) is 9.14. The Labute approximate surface area is 375 Å². The molecule has 0 saturated heterocycles. The van der Waals surface area contributed by atoms with Crippen molar-refractivity contribution in [3.05, 3.63) is 0 Å². The van der Waals surface area contributed by atoms with Gasteiger partial charge in [-0.25, -0.2) is 0 Å². The molecular formula is C57H94O4. The fourth-order valence-electron chi connectivity index (χ4n) is 16.1. The molecule has 0 bridgehead atoms. The van der Waals surface area contributed by atoms with Gasteiger partial charge in [-0.3, -0.25) is 19.2 Å². The SMILES string of the molecule is CCCCCC1CCC(C2CCC3(CC2)C(=O)C2(CCC(CCCCC)CC2)C3=O)CC1.CCCCCC1CCC2(CC1)C(=O)C1(CCC(C3CCC(CC)CC3)CC1)C2=O. The predicted octanol–water partition coefficient (Wildman–Crippen LogP) is 15.7. The zero-order valence-corrected chi connectivity index (χ0v) is 40.4. The van der Waals surface area contributed by atoms with E-state index in [2.05, 4.69) is 27.7 Å². The zero-order chi connectivity index (χ0) is 43.1. The third-order valence-corrected chi connectivity index (χ3v) is 20.5. The number of Topliss-reactive ketones (excluding diaryl/α,β-unsaturated/α-hetero) is 4. The van der Waals surface area contributed by atoms with Gasteiger partial charge in [0, 0.05) is 0 Å². The molecule has 8 aliphatic carbocycles. The quantitative estimate of drug-likeness (QED) is 0.122. The highest BCUT2D eigenvalue weighted by Gasteiger charge is 2.72. The summed E-state index contributed by atoms with van der Waals surface area (Å²) in [6, 6.07) is 0. The maximum absolute atomic E-state index is 13.5. The van der Waals surface area contributed by atoms with E-state index >= 15 is 0 Å². The van der Waals surface area contributed by atoms with E-state index in [0.29, 0.717) is 23.1 Å². The average molecular weight is 843 g/mol. The third-order valence-electron chi connectivity index (χ3n) is 20.5. The van der Waals surface area contributed by atoms with Crippen molar-refractivity contribution in [1.82, 2.24) is 0 Å². The molecule has 61 heavy (non-hydrogen) atoms. The van der Waals surface area contributed by atoms with Crippen LogP contribution in [0.1, 0.15) is 265 Å². The molecule has 0 atom stereocenters. The fraction of sp³-hybridized carbons (Fsp3) is 0.930. The molecule has 4 nitrogen and oxygen atoms in total. The van der Waals surface area contributed by atoms with Crippen LogP contribution in [0, 0.1) is 69.0 Å².